The van der Waals surface area contributed by atoms with Crippen LogP contribution in [0.3, 0.4) is 0 Å². The Balaban J connectivity index is 1.71. The summed E-state index contributed by atoms with van der Waals surface area (Å²) in [7, 11) is 0. The molecule has 1 N–H and O–H groups in total. The van der Waals surface area contributed by atoms with Crippen molar-refractivity contribution in [1.29, 1.82) is 0 Å². The minimum atomic E-state index is -1.22. The lowest BCUT2D eigenvalue weighted by atomic mass is 10.0. The highest BCUT2D eigenvalue weighted by Gasteiger charge is 2.20. The van der Waals surface area contributed by atoms with Crippen LogP contribution in [-0.4, -0.2) is 25.3 Å². The number of nitrogens with zero attached hydrogens (tertiary/aromatic N) is 3. The zero-order valence-electron chi connectivity index (χ0n) is 15.2. The number of carboxylic acid groups (broad SMARTS) is 1. The molecule has 1 saturated carbocycles. The van der Waals surface area contributed by atoms with Crippen LogP contribution in [0, 0.1) is 5.92 Å². The predicted octanol–water partition coefficient (Wildman–Crippen LogP) is 3.17. The minimum Gasteiger partial charge on any atom is -0.477 e. The van der Waals surface area contributed by atoms with Crippen molar-refractivity contribution < 1.29 is 9.90 Å². The molecule has 6 heteroatoms. The maximum atomic E-state index is 12.6. The van der Waals surface area contributed by atoms with Crippen molar-refractivity contribution in [2.75, 3.05) is 0 Å². The van der Waals surface area contributed by atoms with Crippen LogP contribution in [0.15, 0.2) is 47.4 Å². The highest BCUT2D eigenvalue weighted by Crippen LogP contribution is 2.27. The summed E-state index contributed by atoms with van der Waals surface area (Å²) in [6.07, 6.45) is 7.96. The van der Waals surface area contributed by atoms with Gasteiger partial charge in [-0.25, -0.2) is 4.79 Å². The van der Waals surface area contributed by atoms with E-state index in [0.717, 1.165) is 24.1 Å². The number of aromatic carboxylic acids is 1. The van der Waals surface area contributed by atoms with Crippen molar-refractivity contribution in [3.05, 3.63) is 69.8 Å². The summed E-state index contributed by atoms with van der Waals surface area (Å²) in [6, 6.07) is 12.0. The van der Waals surface area contributed by atoms with E-state index in [0.29, 0.717) is 18.1 Å². The molecule has 2 aromatic heterocycles. The highest BCUT2D eigenvalue weighted by molar-refractivity contribution is 5.87. The quantitative estimate of drug-likeness (QED) is 0.728. The van der Waals surface area contributed by atoms with Crippen LogP contribution in [0.2, 0.25) is 0 Å². The highest BCUT2D eigenvalue weighted by atomic mass is 16.4. The van der Waals surface area contributed by atoms with E-state index in [-0.39, 0.29) is 5.56 Å². The van der Waals surface area contributed by atoms with Crippen molar-refractivity contribution in [3.63, 3.8) is 0 Å². The number of benzene rings is 1. The average Bonchev–Trinajstić information content (AvgIpc) is 3.32. The Morgan fingerprint density at radius 3 is 2.63 bits per heavy atom. The van der Waals surface area contributed by atoms with Gasteiger partial charge < -0.3 is 9.67 Å². The van der Waals surface area contributed by atoms with Crippen molar-refractivity contribution in [2.24, 2.45) is 5.92 Å². The molecule has 0 aliphatic heterocycles. The maximum absolute atomic E-state index is 12.6. The van der Waals surface area contributed by atoms with E-state index in [2.05, 4.69) is 5.10 Å². The van der Waals surface area contributed by atoms with E-state index >= 15 is 0 Å². The molecule has 0 amide bonds. The second kappa shape index (κ2) is 7.39. The summed E-state index contributed by atoms with van der Waals surface area (Å²) in [5.74, 6) is -0.607. The number of carboxylic acids is 1. The van der Waals surface area contributed by atoms with Gasteiger partial charge >= 0.3 is 5.97 Å². The molecule has 0 atom stereocenters. The van der Waals surface area contributed by atoms with Crippen LogP contribution in [0.4, 0.5) is 0 Å². The molecule has 3 aromatic rings. The molecule has 0 spiro atoms. The third-order valence-corrected chi connectivity index (χ3v) is 5.43. The molecule has 0 saturated heterocycles. The topological polar surface area (TPSA) is 76.6 Å². The van der Waals surface area contributed by atoms with Gasteiger partial charge in [0, 0.05) is 18.8 Å². The number of aromatic nitrogens is 3. The largest absolute Gasteiger partial charge is 0.477 e. The van der Waals surface area contributed by atoms with E-state index in [1.165, 1.54) is 36.4 Å². The lowest BCUT2D eigenvalue weighted by molar-refractivity contribution is 0.0693. The Morgan fingerprint density at radius 1 is 1.19 bits per heavy atom. The number of aryl methyl sites for hydroxylation is 2. The molecule has 1 aliphatic carbocycles. The average molecular weight is 365 g/mol. The van der Waals surface area contributed by atoms with Gasteiger partial charge in [0.15, 0.2) is 0 Å². The predicted molar refractivity (Wildman–Crippen MR) is 102 cm³/mol. The second-order valence-corrected chi connectivity index (χ2v) is 7.34. The van der Waals surface area contributed by atoms with Crippen molar-refractivity contribution in [3.8, 4) is 0 Å². The van der Waals surface area contributed by atoms with Crippen LogP contribution in [-0.2, 0) is 19.4 Å². The summed E-state index contributed by atoms with van der Waals surface area (Å²) < 4.78 is 3.10. The molecule has 1 aliphatic rings. The molecule has 1 fully saturated rings. The fraction of sp³-hybridized carbons (Fsp3) is 0.381. The molecule has 27 heavy (non-hydrogen) atoms. The van der Waals surface area contributed by atoms with Crippen molar-refractivity contribution in [2.45, 2.75) is 45.1 Å². The number of carbonyl (C=O) groups is 1. The van der Waals surface area contributed by atoms with Gasteiger partial charge in [-0.3, -0.25) is 4.79 Å². The standard InChI is InChI=1S/C21H23N3O3/c25-20-18(21(26)27)14-23(11-10-15-6-2-1-3-7-15)19-13-17(22-24(19)20)12-16-8-4-5-9-16/h1-3,6-7,13-14,16H,4-5,8-12H2,(H,26,27). The molecule has 0 bridgehead atoms. The molecule has 140 valence electrons. The van der Waals surface area contributed by atoms with Gasteiger partial charge in [0.05, 0.1) is 5.69 Å². The van der Waals surface area contributed by atoms with E-state index < -0.39 is 11.5 Å². The Kier molecular flexibility index (Phi) is 4.79. The zero-order valence-corrected chi connectivity index (χ0v) is 15.2. The third kappa shape index (κ3) is 3.65. The van der Waals surface area contributed by atoms with Gasteiger partial charge in [0.25, 0.3) is 5.56 Å². The second-order valence-electron chi connectivity index (χ2n) is 7.34. The molecule has 6 nitrogen and oxygen atoms in total. The molecular weight excluding hydrogens is 342 g/mol. The molecule has 0 radical (unpaired) electrons. The summed E-state index contributed by atoms with van der Waals surface area (Å²) >= 11 is 0. The Labute approximate surface area is 157 Å². The first kappa shape index (κ1) is 17.5. The summed E-state index contributed by atoms with van der Waals surface area (Å²) in [5, 5.41) is 13.9. The van der Waals surface area contributed by atoms with Crippen LogP contribution in [0.5, 0.6) is 0 Å². The smallest absolute Gasteiger partial charge is 0.342 e. The molecular formula is C21H23N3O3. The van der Waals surface area contributed by atoms with E-state index in [4.69, 9.17) is 0 Å². The van der Waals surface area contributed by atoms with Crippen LogP contribution >= 0.6 is 0 Å². The number of hydrogen-bond acceptors (Lipinski definition) is 3. The van der Waals surface area contributed by atoms with Gasteiger partial charge in [-0.05, 0) is 24.3 Å². The third-order valence-electron chi connectivity index (χ3n) is 5.43. The number of hydrogen-bond donors (Lipinski definition) is 1. The van der Waals surface area contributed by atoms with E-state index in [9.17, 15) is 14.7 Å². The lowest BCUT2D eigenvalue weighted by Gasteiger charge is -2.10. The molecule has 1 aromatic carbocycles. The SMILES string of the molecule is O=C(O)c1cn(CCc2ccccc2)c2cc(CC3CCCC3)nn2c1=O. The van der Waals surface area contributed by atoms with E-state index in [1.807, 2.05) is 41.0 Å². The fourth-order valence-electron chi connectivity index (χ4n) is 3.99. The Bertz CT molecular complexity index is 1010. The number of fused-ring (bicyclic) bond motifs is 1. The first-order chi connectivity index (χ1) is 13.1. The van der Waals surface area contributed by atoms with Crippen molar-refractivity contribution >= 4 is 11.6 Å². The van der Waals surface area contributed by atoms with Gasteiger partial charge in [-0.15, -0.1) is 0 Å². The fourth-order valence-corrected chi connectivity index (χ4v) is 3.99. The Morgan fingerprint density at radius 2 is 1.93 bits per heavy atom. The van der Waals surface area contributed by atoms with Crippen molar-refractivity contribution in [1.82, 2.24) is 14.2 Å². The van der Waals surface area contributed by atoms with Gasteiger partial charge in [0.2, 0.25) is 0 Å². The van der Waals surface area contributed by atoms with Crippen LogP contribution < -0.4 is 5.56 Å². The normalized spacial score (nSPS) is 14.8. The van der Waals surface area contributed by atoms with Gasteiger partial charge in [0.1, 0.15) is 11.2 Å². The molecule has 0 unspecified atom stereocenters. The molecule has 2 heterocycles. The van der Waals surface area contributed by atoms with Crippen LogP contribution in [0.25, 0.3) is 5.65 Å². The first-order valence-corrected chi connectivity index (χ1v) is 9.51. The minimum absolute atomic E-state index is 0.244. The van der Waals surface area contributed by atoms with E-state index in [1.54, 1.807) is 0 Å². The van der Waals surface area contributed by atoms with Gasteiger partial charge in [-0.1, -0.05) is 56.0 Å². The molecule has 4 rings (SSSR count). The summed E-state index contributed by atoms with van der Waals surface area (Å²) in [6.45, 7) is 0.586. The van der Waals surface area contributed by atoms with Crippen LogP contribution in [0.1, 0.15) is 47.3 Å². The maximum Gasteiger partial charge on any atom is 0.342 e. The summed E-state index contributed by atoms with van der Waals surface area (Å²) in [4.78, 5) is 24.1. The zero-order chi connectivity index (χ0) is 18.8. The Hall–Kier alpha value is -2.89. The summed E-state index contributed by atoms with van der Waals surface area (Å²) in [5.41, 5.74) is 1.89. The lowest BCUT2D eigenvalue weighted by Crippen LogP contribution is -2.26. The number of rotatable bonds is 6. The first-order valence-electron chi connectivity index (χ1n) is 9.51. The van der Waals surface area contributed by atoms with Gasteiger partial charge in [-0.2, -0.15) is 9.61 Å². The monoisotopic (exact) mass is 365 g/mol.